The zero-order valence-electron chi connectivity index (χ0n) is 17.0. The maximum Gasteiger partial charge on any atom is 0.416 e. The number of hydrogen-bond donors (Lipinski definition) is 0. The van der Waals surface area contributed by atoms with Gasteiger partial charge in [0.15, 0.2) is 0 Å². The van der Waals surface area contributed by atoms with Gasteiger partial charge in [-0.15, -0.1) is 0 Å². The average molecular weight is 423 g/mol. The minimum absolute atomic E-state index is 0.215. The van der Waals surface area contributed by atoms with Gasteiger partial charge in [-0.2, -0.15) is 13.2 Å². The second-order valence-corrected chi connectivity index (χ2v) is 7.21. The molecule has 31 heavy (non-hydrogen) atoms. The van der Waals surface area contributed by atoms with E-state index in [1.165, 1.54) is 11.1 Å². The molecule has 1 aromatic heterocycles. The van der Waals surface area contributed by atoms with Crippen LogP contribution >= 0.6 is 0 Å². The smallest absolute Gasteiger partial charge is 0.267 e. The van der Waals surface area contributed by atoms with E-state index < -0.39 is 17.6 Å². The largest absolute Gasteiger partial charge is 0.416 e. The van der Waals surface area contributed by atoms with Crippen molar-refractivity contribution in [2.75, 3.05) is 12.1 Å². The normalized spacial score (nSPS) is 14.8. The minimum Gasteiger partial charge on any atom is -0.267 e. The molecule has 0 N–H and O–H groups in total. The molecule has 3 aromatic rings. The molecule has 0 unspecified atom stereocenters. The van der Waals surface area contributed by atoms with Gasteiger partial charge in [0, 0.05) is 18.8 Å². The number of hydrazine groups is 1. The highest BCUT2D eigenvalue weighted by Gasteiger charge is 2.39. The summed E-state index contributed by atoms with van der Waals surface area (Å²) in [5.74, 6) is 0.0836. The highest BCUT2D eigenvalue weighted by atomic mass is 19.4. The Labute approximate surface area is 178 Å². The highest BCUT2D eigenvalue weighted by molar-refractivity contribution is 6.12. The summed E-state index contributed by atoms with van der Waals surface area (Å²) in [7, 11) is 1.66. The molecular weight excluding hydrogens is 403 g/mol. The zero-order chi connectivity index (χ0) is 22.2. The lowest BCUT2D eigenvalue weighted by atomic mass is 10.0. The maximum atomic E-state index is 13.4. The average Bonchev–Trinajstić information content (AvgIpc) is 3.05. The van der Waals surface area contributed by atoms with Gasteiger partial charge in [-0.3, -0.25) is 9.80 Å². The van der Waals surface area contributed by atoms with Crippen LogP contribution in [0.1, 0.15) is 39.5 Å². The molecule has 0 fully saturated rings. The number of amides is 1. The van der Waals surface area contributed by atoms with E-state index in [1.807, 2.05) is 31.2 Å². The number of alkyl halides is 3. The van der Waals surface area contributed by atoms with E-state index in [1.54, 1.807) is 42.5 Å². The summed E-state index contributed by atoms with van der Waals surface area (Å²) in [4.78, 5) is 17.5. The second-order valence-electron chi connectivity index (χ2n) is 7.21. The lowest BCUT2D eigenvalue weighted by Crippen LogP contribution is -2.39. The molecule has 4 nitrogen and oxygen atoms in total. The van der Waals surface area contributed by atoms with Crippen LogP contribution in [-0.2, 0) is 12.6 Å². The number of benzene rings is 2. The van der Waals surface area contributed by atoms with Gasteiger partial charge < -0.3 is 0 Å². The number of aromatic nitrogens is 1. The van der Waals surface area contributed by atoms with Crippen molar-refractivity contribution in [1.82, 2.24) is 9.99 Å². The van der Waals surface area contributed by atoms with E-state index in [0.29, 0.717) is 11.5 Å². The lowest BCUT2D eigenvalue weighted by molar-refractivity contribution is -0.137. The number of fused-ring (bicyclic) bond motifs is 1. The summed E-state index contributed by atoms with van der Waals surface area (Å²) in [6, 6.07) is 16.2. The molecule has 4 rings (SSSR count). The molecule has 158 valence electrons. The number of anilines is 1. The van der Waals surface area contributed by atoms with Gasteiger partial charge in [0.2, 0.25) is 0 Å². The van der Waals surface area contributed by atoms with E-state index >= 15 is 0 Å². The molecule has 2 heterocycles. The van der Waals surface area contributed by atoms with Crippen molar-refractivity contribution < 1.29 is 18.0 Å². The Bertz CT molecular complexity index is 1140. The van der Waals surface area contributed by atoms with E-state index in [2.05, 4.69) is 4.98 Å². The minimum atomic E-state index is -4.51. The standard InChI is InChI=1S/C24H20F3N3O/c1-3-16-7-9-17(10-8-16)14-21-20-15-18(24(25,26)27)11-12-19(20)23(31)30(21)29(2)22-6-4-5-13-28-22/h4-15H,3H2,1-2H3/b21-14-. The van der Waals surface area contributed by atoms with Crippen molar-refractivity contribution in [2.24, 2.45) is 0 Å². The number of rotatable bonds is 4. The first-order chi connectivity index (χ1) is 14.8. The molecule has 0 radical (unpaired) electrons. The number of carbonyl (C=O) groups excluding carboxylic acids is 1. The number of halogens is 3. The molecule has 0 saturated carbocycles. The number of nitrogens with zero attached hydrogens (tertiary/aromatic N) is 3. The fourth-order valence-corrected chi connectivity index (χ4v) is 3.55. The van der Waals surface area contributed by atoms with Crippen molar-refractivity contribution in [2.45, 2.75) is 19.5 Å². The molecule has 2 aromatic carbocycles. The van der Waals surface area contributed by atoms with Crippen LogP contribution < -0.4 is 5.01 Å². The van der Waals surface area contributed by atoms with E-state index in [-0.39, 0.29) is 11.1 Å². The summed E-state index contributed by atoms with van der Waals surface area (Å²) >= 11 is 0. The first-order valence-electron chi connectivity index (χ1n) is 9.81. The fraction of sp³-hybridized carbons (Fsp3) is 0.167. The third-order valence-electron chi connectivity index (χ3n) is 5.25. The van der Waals surface area contributed by atoms with Crippen LogP contribution in [0.3, 0.4) is 0 Å². The predicted octanol–water partition coefficient (Wildman–Crippen LogP) is 5.67. The van der Waals surface area contributed by atoms with Crippen LogP contribution in [0, 0.1) is 0 Å². The van der Waals surface area contributed by atoms with Gasteiger partial charge in [0.1, 0.15) is 5.82 Å². The molecule has 0 atom stereocenters. The van der Waals surface area contributed by atoms with Crippen LogP contribution in [0.25, 0.3) is 11.8 Å². The van der Waals surface area contributed by atoms with Gasteiger partial charge in [-0.25, -0.2) is 9.99 Å². The van der Waals surface area contributed by atoms with E-state index in [9.17, 15) is 18.0 Å². The molecule has 1 aliphatic heterocycles. The molecule has 7 heteroatoms. The Balaban J connectivity index is 1.87. The van der Waals surface area contributed by atoms with Crippen LogP contribution in [0.15, 0.2) is 66.9 Å². The monoisotopic (exact) mass is 423 g/mol. The van der Waals surface area contributed by atoms with Gasteiger partial charge in [-0.1, -0.05) is 37.3 Å². The summed E-state index contributed by atoms with van der Waals surface area (Å²) in [5, 5.41) is 2.91. The number of pyridine rings is 1. The molecule has 0 saturated heterocycles. The molecule has 1 amide bonds. The van der Waals surface area contributed by atoms with Gasteiger partial charge >= 0.3 is 6.18 Å². The van der Waals surface area contributed by atoms with E-state index in [0.717, 1.165) is 29.7 Å². The first-order valence-corrected chi connectivity index (χ1v) is 9.81. The van der Waals surface area contributed by atoms with Crippen LogP contribution in [0.4, 0.5) is 19.0 Å². The SMILES string of the molecule is CCc1ccc(/C=C2/c3cc(C(F)(F)F)ccc3C(=O)N2N(C)c2ccccn2)cc1. The summed E-state index contributed by atoms with van der Waals surface area (Å²) < 4.78 is 40.1. The molecule has 0 aliphatic carbocycles. The number of aryl methyl sites for hydroxylation is 1. The molecular formula is C24H20F3N3O. The van der Waals surface area contributed by atoms with Crippen molar-refractivity contribution in [1.29, 1.82) is 0 Å². The van der Waals surface area contributed by atoms with Gasteiger partial charge in [0.05, 0.1) is 16.8 Å². The van der Waals surface area contributed by atoms with E-state index in [4.69, 9.17) is 0 Å². The second kappa shape index (κ2) is 7.91. The maximum absolute atomic E-state index is 13.4. The Morgan fingerprint density at radius 2 is 1.77 bits per heavy atom. The van der Waals surface area contributed by atoms with Crippen molar-refractivity contribution >= 4 is 23.5 Å². The quantitative estimate of drug-likeness (QED) is 0.543. The van der Waals surface area contributed by atoms with Gasteiger partial charge in [-0.05, 0) is 54.0 Å². The number of carbonyl (C=O) groups is 1. The zero-order valence-corrected chi connectivity index (χ0v) is 17.0. The Morgan fingerprint density at radius 1 is 1.03 bits per heavy atom. The van der Waals surface area contributed by atoms with Crippen molar-refractivity contribution in [3.63, 3.8) is 0 Å². The molecule has 1 aliphatic rings. The molecule has 0 bridgehead atoms. The number of hydrogen-bond acceptors (Lipinski definition) is 3. The van der Waals surface area contributed by atoms with Crippen LogP contribution in [-0.4, -0.2) is 22.9 Å². The Morgan fingerprint density at radius 3 is 2.39 bits per heavy atom. The lowest BCUT2D eigenvalue weighted by Gasteiger charge is -2.30. The van der Waals surface area contributed by atoms with Gasteiger partial charge in [0.25, 0.3) is 5.91 Å². The Hall–Kier alpha value is -3.61. The molecule has 0 spiro atoms. The summed E-state index contributed by atoms with van der Waals surface area (Å²) in [5.41, 5.74) is 1.95. The topological polar surface area (TPSA) is 36.4 Å². The highest BCUT2D eigenvalue weighted by Crippen LogP contribution is 2.40. The van der Waals surface area contributed by atoms with Crippen molar-refractivity contribution in [3.8, 4) is 0 Å². The summed E-state index contributed by atoms with van der Waals surface area (Å²) in [6.07, 6.45) is -0.315. The van der Waals surface area contributed by atoms with Crippen LogP contribution in [0.2, 0.25) is 0 Å². The fourth-order valence-electron chi connectivity index (χ4n) is 3.55. The van der Waals surface area contributed by atoms with Crippen LogP contribution in [0.5, 0.6) is 0 Å². The first kappa shape index (κ1) is 20.7. The van der Waals surface area contributed by atoms with Crippen molar-refractivity contribution in [3.05, 3.63) is 94.7 Å². The third-order valence-corrected chi connectivity index (χ3v) is 5.25. The predicted molar refractivity (Wildman–Crippen MR) is 114 cm³/mol. The Kier molecular flexibility index (Phi) is 5.27. The summed E-state index contributed by atoms with van der Waals surface area (Å²) in [6.45, 7) is 2.04. The third kappa shape index (κ3) is 3.91.